The zero-order chi connectivity index (χ0) is 18.1. The first-order valence-electron chi connectivity index (χ1n) is 8.18. The van der Waals surface area contributed by atoms with E-state index < -0.39 is 0 Å². The fourth-order valence-electron chi connectivity index (χ4n) is 3.02. The smallest absolute Gasteiger partial charge is 0.232 e. The maximum absolute atomic E-state index is 13.0. The SMILES string of the molecule is COc1cccc(N2CC(c3nc(-c4ccc(F)cc4)no3)CC2=O)c1. The van der Waals surface area contributed by atoms with E-state index in [4.69, 9.17) is 9.26 Å². The standard InChI is InChI=1S/C19H16FN3O3/c1-25-16-4-2-3-15(10-16)23-11-13(9-17(23)24)19-21-18(22-26-19)12-5-7-14(20)8-6-12/h2-8,10,13H,9,11H2,1H3. The molecule has 6 nitrogen and oxygen atoms in total. The van der Waals surface area contributed by atoms with E-state index in [0.29, 0.717) is 36.0 Å². The molecule has 7 heteroatoms. The van der Waals surface area contributed by atoms with E-state index in [0.717, 1.165) is 5.69 Å². The van der Waals surface area contributed by atoms with Crippen molar-refractivity contribution in [2.24, 2.45) is 0 Å². The van der Waals surface area contributed by atoms with Gasteiger partial charge in [-0.05, 0) is 36.4 Å². The van der Waals surface area contributed by atoms with Crippen LogP contribution < -0.4 is 9.64 Å². The summed E-state index contributed by atoms with van der Waals surface area (Å²) >= 11 is 0. The van der Waals surface area contributed by atoms with Crippen LogP contribution in [0, 0.1) is 5.82 Å². The molecule has 1 saturated heterocycles. The number of ether oxygens (including phenoxy) is 1. The molecule has 0 saturated carbocycles. The number of nitrogens with zero attached hydrogens (tertiary/aromatic N) is 3. The third-order valence-corrected chi connectivity index (χ3v) is 4.38. The van der Waals surface area contributed by atoms with E-state index in [1.165, 1.54) is 12.1 Å². The molecule has 4 rings (SSSR count). The Morgan fingerprint density at radius 1 is 1.23 bits per heavy atom. The number of hydrogen-bond acceptors (Lipinski definition) is 5. The van der Waals surface area contributed by atoms with Gasteiger partial charge in [0.2, 0.25) is 17.6 Å². The average Bonchev–Trinajstić information content (AvgIpc) is 3.29. The van der Waals surface area contributed by atoms with Crippen molar-refractivity contribution >= 4 is 11.6 Å². The van der Waals surface area contributed by atoms with Crippen LogP contribution in [-0.4, -0.2) is 29.7 Å². The summed E-state index contributed by atoms with van der Waals surface area (Å²) in [6, 6.07) is 13.2. The maximum Gasteiger partial charge on any atom is 0.232 e. The molecule has 0 bridgehead atoms. The first-order valence-corrected chi connectivity index (χ1v) is 8.18. The van der Waals surface area contributed by atoms with Gasteiger partial charge < -0.3 is 14.2 Å². The lowest BCUT2D eigenvalue weighted by Gasteiger charge is -2.16. The van der Waals surface area contributed by atoms with Crippen LogP contribution in [0.2, 0.25) is 0 Å². The highest BCUT2D eigenvalue weighted by molar-refractivity contribution is 5.96. The number of carbonyl (C=O) groups excluding carboxylic acids is 1. The summed E-state index contributed by atoms with van der Waals surface area (Å²) in [5.41, 5.74) is 1.44. The van der Waals surface area contributed by atoms with Gasteiger partial charge in [0.1, 0.15) is 11.6 Å². The van der Waals surface area contributed by atoms with Gasteiger partial charge in [0, 0.05) is 30.3 Å². The molecule has 1 aliphatic rings. The number of methoxy groups -OCH3 is 1. The summed E-state index contributed by atoms with van der Waals surface area (Å²) in [5.74, 6) is 0.957. The predicted octanol–water partition coefficient (Wildman–Crippen LogP) is 3.40. The Morgan fingerprint density at radius 2 is 2.04 bits per heavy atom. The lowest BCUT2D eigenvalue weighted by atomic mass is 10.1. The van der Waals surface area contributed by atoms with Crippen molar-refractivity contribution in [1.29, 1.82) is 0 Å². The van der Waals surface area contributed by atoms with Crippen molar-refractivity contribution in [2.75, 3.05) is 18.6 Å². The van der Waals surface area contributed by atoms with Crippen molar-refractivity contribution in [2.45, 2.75) is 12.3 Å². The molecule has 0 spiro atoms. The summed E-state index contributed by atoms with van der Waals surface area (Å²) in [5, 5.41) is 3.95. The third-order valence-electron chi connectivity index (χ3n) is 4.38. The maximum atomic E-state index is 13.0. The van der Waals surface area contributed by atoms with Crippen LogP contribution in [0.1, 0.15) is 18.2 Å². The highest BCUT2D eigenvalue weighted by Gasteiger charge is 2.35. The van der Waals surface area contributed by atoms with Crippen LogP contribution in [0.15, 0.2) is 53.1 Å². The average molecular weight is 353 g/mol. The van der Waals surface area contributed by atoms with Crippen molar-refractivity contribution in [1.82, 2.24) is 10.1 Å². The van der Waals surface area contributed by atoms with Crippen LogP contribution in [0.5, 0.6) is 5.75 Å². The second-order valence-electron chi connectivity index (χ2n) is 6.07. The second-order valence-corrected chi connectivity index (χ2v) is 6.07. The van der Waals surface area contributed by atoms with Gasteiger partial charge in [-0.15, -0.1) is 0 Å². The van der Waals surface area contributed by atoms with Gasteiger partial charge in [0.05, 0.1) is 13.0 Å². The molecule has 2 heterocycles. The Labute approximate surface area is 149 Å². The van der Waals surface area contributed by atoms with Gasteiger partial charge in [-0.3, -0.25) is 4.79 Å². The molecule has 1 amide bonds. The van der Waals surface area contributed by atoms with Gasteiger partial charge in [-0.25, -0.2) is 4.39 Å². The van der Waals surface area contributed by atoms with Crippen LogP contribution in [0.4, 0.5) is 10.1 Å². The largest absolute Gasteiger partial charge is 0.497 e. The van der Waals surface area contributed by atoms with Crippen LogP contribution in [-0.2, 0) is 4.79 Å². The van der Waals surface area contributed by atoms with Crippen molar-refractivity contribution in [3.63, 3.8) is 0 Å². The number of aromatic nitrogens is 2. The highest BCUT2D eigenvalue weighted by Crippen LogP contribution is 2.33. The number of rotatable bonds is 4. The van der Waals surface area contributed by atoms with Gasteiger partial charge in [0.25, 0.3) is 0 Å². The number of hydrogen-bond donors (Lipinski definition) is 0. The van der Waals surface area contributed by atoms with E-state index in [9.17, 15) is 9.18 Å². The van der Waals surface area contributed by atoms with E-state index in [1.54, 1.807) is 24.1 Å². The van der Waals surface area contributed by atoms with Crippen molar-refractivity contribution in [3.05, 3.63) is 60.2 Å². The Hall–Kier alpha value is -3.22. The Balaban J connectivity index is 1.54. The van der Waals surface area contributed by atoms with E-state index in [1.807, 2.05) is 24.3 Å². The number of halogens is 1. The minimum absolute atomic E-state index is 0.00946. The Bertz CT molecular complexity index is 939. The second kappa shape index (κ2) is 6.59. The molecule has 2 aromatic carbocycles. The number of amides is 1. The third kappa shape index (κ3) is 3.03. The van der Waals surface area contributed by atoms with Crippen LogP contribution in [0.25, 0.3) is 11.4 Å². The zero-order valence-corrected chi connectivity index (χ0v) is 14.1. The van der Waals surface area contributed by atoms with E-state index >= 15 is 0 Å². The summed E-state index contributed by atoms with van der Waals surface area (Å²) in [4.78, 5) is 18.5. The lowest BCUT2D eigenvalue weighted by molar-refractivity contribution is -0.117. The molecule has 3 aromatic rings. The van der Waals surface area contributed by atoms with Crippen molar-refractivity contribution in [3.8, 4) is 17.1 Å². The molecule has 1 aromatic heterocycles. The molecule has 0 N–H and O–H groups in total. The van der Waals surface area contributed by atoms with Crippen LogP contribution >= 0.6 is 0 Å². The van der Waals surface area contributed by atoms with Crippen LogP contribution in [0.3, 0.4) is 0 Å². The number of anilines is 1. The minimum Gasteiger partial charge on any atom is -0.497 e. The minimum atomic E-state index is -0.326. The van der Waals surface area contributed by atoms with E-state index in [2.05, 4.69) is 10.1 Å². The molecule has 1 atom stereocenters. The molecular weight excluding hydrogens is 337 g/mol. The predicted molar refractivity (Wildman–Crippen MR) is 92.4 cm³/mol. The van der Waals surface area contributed by atoms with Gasteiger partial charge in [0.15, 0.2) is 0 Å². The summed E-state index contributed by atoms with van der Waals surface area (Å²) in [6.07, 6.45) is 0.294. The molecule has 1 unspecified atom stereocenters. The van der Waals surface area contributed by atoms with Crippen molar-refractivity contribution < 1.29 is 18.4 Å². The first-order chi connectivity index (χ1) is 12.6. The molecular formula is C19H16FN3O3. The quantitative estimate of drug-likeness (QED) is 0.719. The highest BCUT2D eigenvalue weighted by atomic mass is 19.1. The first kappa shape index (κ1) is 16.3. The fourth-order valence-corrected chi connectivity index (χ4v) is 3.02. The van der Waals surface area contributed by atoms with Gasteiger partial charge in [-0.1, -0.05) is 11.2 Å². The lowest BCUT2D eigenvalue weighted by Crippen LogP contribution is -2.24. The number of carbonyl (C=O) groups is 1. The Kier molecular flexibility index (Phi) is 4.12. The molecule has 1 fully saturated rings. The summed E-state index contributed by atoms with van der Waals surface area (Å²) in [7, 11) is 1.59. The zero-order valence-electron chi connectivity index (χ0n) is 14.1. The van der Waals surface area contributed by atoms with Gasteiger partial charge in [-0.2, -0.15) is 4.98 Å². The molecule has 26 heavy (non-hydrogen) atoms. The normalized spacial score (nSPS) is 16.9. The molecule has 0 aliphatic carbocycles. The Morgan fingerprint density at radius 3 is 2.81 bits per heavy atom. The molecule has 0 radical (unpaired) electrons. The fraction of sp³-hybridized carbons (Fsp3) is 0.211. The van der Waals surface area contributed by atoms with Gasteiger partial charge >= 0.3 is 0 Å². The number of benzene rings is 2. The van der Waals surface area contributed by atoms with E-state index in [-0.39, 0.29) is 17.6 Å². The molecule has 1 aliphatic heterocycles. The summed E-state index contributed by atoms with van der Waals surface area (Å²) < 4.78 is 23.6. The molecule has 132 valence electrons. The summed E-state index contributed by atoms with van der Waals surface area (Å²) in [6.45, 7) is 0.455. The monoisotopic (exact) mass is 353 g/mol. The topological polar surface area (TPSA) is 68.5 Å².